The molecule has 0 unspecified atom stereocenters. The van der Waals surface area contributed by atoms with Crippen LogP contribution in [0.3, 0.4) is 0 Å². The highest BCUT2D eigenvalue weighted by Crippen LogP contribution is 2.28. The van der Waals surface area contributed by atoms with Crippen molar-refractivity contribution in [3.63, 3.8) is 0 Å². The van der Waals surface area contributed by atoms with Crippen LogP contribution in [0.15, 0.2) is 60.7 Å². The third-order valence-electron chi connectivity index (χ3n) is 5.08. The summed E-state index contributed by atoms with van der Waals surface area (Å²) in [6.07, 6.45) is 2.12. The van der Waals surface area contributed by atoms with Gasteiger partial charge in [0.25, 0.3) is 0 Å². The molecule has 1 N–H and O–H groups in total. The van der Waals surface area contributed by atoms with Crippen molar-refractivity contribution in [1.29, 1.82) is 0 Å². The van der Waals surface area contributed by atoms with E-state index < -0.39 is 0 Å². The third kappa shape index (κ3) is 5.33. The number of fused-ring (bicyclic) bond motifs is 1. The van der Waals surface area contributed by atoms with E-state index in [2.05, 4.69) is 86.8 Å². The van der Waals surface area contributed by atoms with Crippen LogP contribution in [0.5, 0.6) is 5.75 Å². The van der Waals surface area contributed by atoms with Crippen molar-refractivity contribution in [2.45, 2.75) is 40.2 Å². The van der Waals surface area contributed by atoms with Gasteiger partial charge in [-0.05, 0) is 60.2 Å². The van der Waals surface area contributed by atoms with Crippen LogP contribution in [0.1, 0.15) is 37.0 Å². The molecule has 2 nitrogen and oxygen atoms in total. The largest absolute Gasteiger partial charge is 0.493 e. The molecule has 3 rings (SSSR count). The molecule has 27 heavy (non-hydrogen) atoms. The number of benzene rings is 3. The van der Waals surface area contributed by atoms with Crippen molar-refractivity contribution in [2.75, 3.05) is 13.2 Å². The van der Waals surface area contributed by atoms with Crippen molar-refractivity contribution < 1.29 is 4.74 Å². The number of ether oxygens (including phenoxy) is 1. The SMILES string of the molecule is Cc1ccccc1CCNCc1c(OCCC(C)C)ccc2ccccc12. The second-order valence-electron chi connectivity index (χ2n) is 7.65. The summed E-state index contributed by atoms with van der Waals surface area (Å²) in [7, 11) is 0. The van der Waals surface area contributed by atoms with Crippen LogP contribution in [0.4, 0.5) is 0 Å². The standard InChI is InChI=1S/C25H31NO/c1-19(2)15-17-27-25-13-12-22-10-6-7-11-23(22)24(25)18-26-16-14-21-9-5-4-8-20(21)3/h4-13,19,26H,14-18H2,1-3H3. The Labute approximate surface area is 163 Å². The van der Waals surface area contributed by atoms with Gasteiger partial charge in [0.1, 0.15) is 5.75 Å². The second kappa shape index (κ2) is 9.57. The van der Waals surface area contributed by atoms with Gasteiger partial charge < -0.3 is 10.1 Å². The summed E-state index contributed by atoms with van der Waals surface area (Å²) in [5, 5.41) is 6.18. The summed E-state index contributed by atoms with van der Waals surface area (Å²) in [5.74, 6) is 1.67. The molecule has 0 bridgehead atoms. The molecule has 0 aromatic heterocycles. The molecule has 0 aliphatic heterocycles. The predicted octanol–water partition coefficient (Wildman–Crippen LogP) is 5.91. The van der Waals surface area contributed by atoms with E-state index in [0.717, 1.165) is 38.3 Å². The van der Waals surface area contributed by atoms with Gasteiger partial charge in [-0.15, -0.1) is 0 Å². The van der Waals surface area contributed by atoms with Gasteiger partial charge in [-0.1, -0.05) is 68.4 Å². The van der Waals surface area contributed by atoms with Crippen LogP contribution < -0.4 is 10.1 Å². The molecule has 0 aliphatic carbocycles. The fourth-order valence-electron chi connectivity index (χ4n) is 3.37. The van der Waals surface area contributed by atoms with E-state index >= 15 is 0 Å². The highest BCUT2D eigenvalue weighted by Gasteiger charge is 2.09. The molecule has 142 valence electrons. The normalized spacial score (nSPS) is 11.3. The maximum absolute atomic E-state index is 6.15. The number of nitrogens with one attached hydrogen (secondary N) is 1. The van der Waals surface area contributed by atoms with Crippen LogP contribution in [0.2, 0.25) is 0 Å². The Balaban J connectivity index is 1.69. The van der Waals surface area contributed by atoms with E-state index in [9.17, 15) is 0 Å². The van der Waals surface area contributed by atoms with Gasteiger partial charge in [0.2, 0.25) is 0 Å². The molecule has 0 saturated heterocycles. The van der Waals surface area contributed by atoms with E-state index in [1.807, 2.05) is 0 Å². The van der Waals surface area contributed by atoms with Crippen molar-refractivity contribution in [3.05, 3.63) is 77.4 Å². The summed E-state index contributed by atoms with van der Waals surface area (Å²) in [4.78, 5) is 0. The summed E-state index contributed by atoms with van der Waals surface area (Å²) < 4.78 is 6.15. The second-order valence-corrected chi connectivity index (χ2v) is 7.65. The molecule has 2 heteroatoms. The van der Waals surface area contributed by atoms with Gasteiger partial charge in [0.05, 0.1) is 6.61 Å². The lowest BCUT2D eigenvalue weighted by Crippen LogP contribution is -2.18. The first kappa shape index (κ1) is 19.4. The highest BCUT2D eigenvalue weighted by molar-refractivity contribution is 5.87. The topological polar surface area (TPSA) is 21.3 Å². The number of rotatable bonds is 9. The smallest absolute Gasteiger partial charge is 0.124 e. The molecule has 0 heterocycles. The van der Waals surface area contributed by atoms with Crippen molar-refractivity contribution in [1.82, 2.24) is 5.32 Å². The number of aryl methyl sites for hydroxylation is 1. The van der Waals surface area contributed by atoms with Gasteiger partial charge in [-0.25, -0.2) is 0 Å². The van der Waals surface area contributed by atoms with Gasteiger partial charge in [-0.3, -0.25) is 0 Å². The number of hydrogen-bond acceptors (Lipinski definition) is 2. The van der Waals surface area contributed by atoms with Crippen molar-refractivity contribution in [3.8, 4) is 5.75 Å². The lowest BCUT2D eigenvalue weighted by Gasteiger charge is -2.16. The van der Waals surface area contributed by atoms with E-state index in [4.69, 9.17) is 4.74 Å². The maximum atomic E-state index is 6.15. The third-order valence-corrected chi connectivity index (χ3v) is 5.08. The van der Waals surface area contributed by atoms with E-state index in [0.29, 0.717) is 5.92 Å². The molecular weight excluding hydrogens is 330 g/mol. The Kier molecular flexibility index (Phi) is 6.89. The molecule has 0 amide bonds. The van der Waals surface area contributed by atoms with Gasteiger partial charge in [-0.2, -0.15) is 0 Å². The Morgan fingerprint density at radius 3 is 2.52 bits per heavy atom. The number of hydrogen-bond donors (Lipinski definition) is 1. The zero-order valence-electron chi connectivity index (χ0n) is 16.8. The fourth-order valence-corrected chi connectivity index (χ4v) is 3.37. The molecule has 0 radical (unpaired) electrons. The lowest BCUT2D eigenvalue weighted by atomic mass is 10.0. The Morgan fingerprint density at radius 2 is 1.70 bits per heavy atom. The first-order valence-electron chi connectivity index (χ1n) is 10.0. The van der Waals surface area contributed by atoms with Gasteiger partial charge >= 0.3 is 0 Å². The van der Waals surface area contributed by atoms with Crippen LogP contribution in [-0.4, -0.2) is 13.2 Å². The summed E-state index contributed by atoms with van der Waals surface area (Å²) in [6, 6.07) is 21.5. The molecule has 3 aromatic rings. The van der Waals surface area contributed by atoms with E-state index in [1.165, 1.54) is 27.5 Å². The Bertz CT molecular complexity index is 869. The Morgan fingerprint density at radius 1 is 0.926 bits per heavy atom. The highest BCUT2D eigenvalue weighted by atomic mass is 16.5. The van der Waals surface area contributed by atoms with Gasteiger partial charge in [0.15, 0.2) is 0 Å². The van der Waals surface area contributed by atoms with E-state index in [-0.39, 0.29) is 0 Å². The monoisotopic (exact) mass is 361 g/mol. The summed E-state index contributed by atoms with van der Waals surface area (Å²) in [5.41, 5.74) is 4.04. The minimum absolute atomic E-state index is 0.654. The minimum atomic E-state index is 0.654. The first-order chi connectivity index (χ1) is 13.1. The molecule has 0 aliphatic rings. The molecule has 0 fully saturated rings. The first-order valence-corrected chi connectivity index (χ1v) is 10.0. The van der Waals surface area contributed by atoms with Crippen LogP contribution in [-0.2, 0) is 13.0 Å². The summed E-state index contributed by atoms with van der Waals surface area (Å²) in [6.45, 7) is 9.20. The quantitative estimate of drug-likeness (QED) is 0.479. The molecule has 0 atom stereocenters. The minimum Gasteiger partial charge on any atom is -0.493 e. The average molecular weight is 362 g/mol. The Hall–Kier alpha value is -2.32. The van der Waals surface area contributed by atoms with Crippen LogP contribution in [0, 0.1) is 12.8 Å². The lowest BCUT2D eigenvalue weighted by molar-refractivity contribution is 0.287. The predicted molar refractivity (Wildman–Crippen MR) is 115 cm³/mol. The molecule has 3 aromatic carbocycles. The zero-order valence-corrected chi connectivity index (χ0v) is 16.8. The van der Waals surface area contributed by atoms with Crippen molar-refractivity contribution in [2.24, 2.45) is 5.92 Å². The average Bonchev–Trinajstić information content (AvgIpc) is 2.67. The molecule has 0 spiro atoms. The van der Waals surface area contributed by atoms with Crippen LogP contribution in [0.25, 0.3) is 10.8 Å². The molecular formula is C25H31NO. The molecule has 0 saturated carbocycles. The van der Waals surface area contributed by atoms with Crippen LogP contribution >= 0.6 is 0 Å². The maximum Gasteiger partial charge on any atom is 0.124 e. The van der Waals surface area contributed by atoms with E-state index in [1.54, 1.807) is 0 Å². The fraction of sp³-hybridized carbons (Fsp3) is 0.360. The van der Waals surface area contributed by atoms with Crippen molar-refractivity contribution >= 4 is 10.8 Å². The van der Waals surface area contributed by atoms with Gasteiger partial charge in [0, 0.05) is 12.1 Å². The zero-order chi connectivity index (χ0) is 19.1. The summed E-state index contributed by atoms with van der Waals surface area (Å²) >= 11 is 0.